The lowest BCUT2D eigenvalue weighted by atomic mass is 10.1. The summed E-state index contributed by atoms with van der Waals surface area (Å²) in [5.41, 5.74) is 11.4. The Morgan fingerprint density at radius 2 is 1.74 bits per heavy atom. The summed E-state index contributed by atoms with van der Waals surface area (Å²) in [7, 11) is 0. The van der Waals surface area contributed by atoms with Gasteiger partial charge < -0.3 is 21.3 Å². The monoisotopic (exact) mass is 386 g/mol. The Bertz CT molecular complexity index is 1030. The summed E-state index contributed by atoms with van der Waals surface area (Å²) in [6.45, 7) is 0. The van der Waals surface area contributed by atoms with Gasteiger partial charge in [0.1, 0.15) is 5.75 Å². The van der Waals surface area contributed by atoms with Crippen LogP contribution >= 0.6 is 12.4 Å². The van der Waals surface area contributed by atoms with E-state index in [1.807, 2.05) is 0 Å². The number of nitrogens with zero attached hydrogens (tertiary/aromatic N) is 2. The minimum atomic E-state index is -1.12. The molecule has 3 aromatic rings. The number of aromatic carboxylic acids is 1. The van der Waals surface area contributed by atoms with Crippen LogP contribution in [-0.4, -0.2) is 28.0 Å². The van der Waals surface area contributed by atoms with Crippen LogP contribution in [0.4, 0.5) is 5.69 Å². The van der Waals surface area contributed by atoms with E-state index in [2.05, 4.69) is 9.98 Å². The SMILES string of the molecule is Cl.NC(N)=Nc1ccc(C(=O)Oc2ccc3c(C(=O)O)nccc3c2)cc1. The normalized spacial score (nSPS) is 9.93. The van der Waals surface area contributed by atoms with Crippen LogP contribution in [0.5, 0.6) is 5.75 Å². The number of rotatable bonds is 4. The summed E-state index contributed by atoms with van der Waals surface area (Å²) in [5, 5.41) is 10.2. The number of carboxylic acids is 1. The molecule has 1 heterocycles. The van der Waals surface area contributed by atoms with Crippen LogP contribution in [0.15, 0.2) is 59.7 Å². The van der Waals surface area contributed by atoms with Crippen molar-refractivity contribution in [1.82, 2.24) is 4.98 Å². The van der Waals surface area contributed by atoms with Gasteiger partial charge in [-0.3, -0.25) is 0 Å². The van der Waals surface area contributed by atoms with Crippen LogP contribution in [0.25, 0.3) is 10.8 Å². The fourth-order valence-electron chi connectivity index (χ4n) is 2.38. The van der Waals surface area contributed by atoms with Crippen LogP contribution < -0.4 is 16.2 Å². The quantitative estimate of drug-likeness (QED) is 0.270. The van der Waals surface area contributed by atoms with Gasteiger partial charge in [-0.2, -0.15) is 0 Å². The maximum absolute atomic E-state index is 12.2. The van der Waals surface area contributed by atoms with E-state index in [1.54, 1.807) is 30.3 Å². The van der Waals surface area contributed by atoms with E-state index in [4.69, 9.17) is 21.3 Å². The molecule has 0 radical (unpaired) electrons. The first kappa shape index (κ1) is 19.7. The third-order valence-corrected chi connectivity index (χ3v) is 3.51. The van der Waals surface area contributed by atoms with Crippen LogP contribution in [0.3, 0.4) is 0 Å². The molecule has 9 heteroatoms. The minimum Gasteiger partial charge on any atom is -0.476 e. The number of pyridine rings is 1. The van der Waals surface area contributed by atoms with Gasteiger partial charge in [0.2, 0.25) is 0 Å². The summed E-state index contributed by atoms with van der Waals surface area (Å²) in [4.78, 5) is 31.1. The van der Waals surface area contributed by atoms with Crippen molar-refractivity contribution in [2.75, 3.05) is 0 Å². The summed E-state index contributed by atoms with van der Waals surface area (Å²) in [6, 6.07) is 12.5. The summed E-state index contributed by atoms with van der Waals surface area (Å²) >= 11 is 0. The summed E-state index contributed by atoms with van der Waals surface area (Å²) in [5.74, 6) is -1.47. The molecule has 2 aromatic carbocycles. The lowest BCUT2D eigenvalue weighted by Crippen LogP contribution is -2.21. The number of guanidine groups is 1. The number of halogens is 1. The lowest BCUT2D eigenvalue weighted by molar-refractivity contribution is 0.0690. The Hall–Kier alpha value is -3.65. The van der Waals surface area contributed by atoms with Crippen molar-refractivity contribution in [2.24, 2.45) is 16.5 Å². The average Bonchev–Trinajstić information content (AvgIpc) is 2.61. The third kappa shape index (κ3) is 4.50. The molecule has 0 saturated heterocycles. The second kappa shape index (κ2) is 8.15. The Morgan fingerprint density at radius 3 is 2.37 bits per heavy atom. The van der Waals surface area contributed by atoms with E-state index in [1.165, 1.54) is 24.4 Å². The number of benzene rings is 2. The number of carbonyl (C=O) groups excluding carboxylic acids is 1. The fourth-order valence-corrected chi connectivity index (χ4v) is 2.38. The summed E-state index contributed by atoms with van der Waals surface area (Å²) in [6.07, 6.45) is 1.39. The molecule has 0 aliphatic heterocycles. The third-order valence-electron chi connectivity index (χ3n) is 3.51. The van der Waals surface area contributed by atoms with Crippen LogP contribution in [0, 0.1) is 0 Å². The molecule has 0 aliphatic rings. The molecule has 27 heavy (non-hydrogen) atoms. The largest absolute Gasteiger partial charge is 0.476 e. The van der Waals surface area contributed by atoms with Crippen molar-refractivity contribution in [3.63, 3.8) is 0 Å². The molecule has 0 aliphatic carbocycles. The zero-order valence-corrected chi connectivity index (χ0v) is 14.6. The predicted octanol–water partition coefficient (Wildman–Crippen LogP) is 2.48. The minimum absolute atomic E-state index is 0. The van der Waals surface area contributed by atoms with Crippen molar-refractivity contribution < 1.29 is 19.4 Å². The Morgan fingerprint density at radius 1 is 1.04 bits per heavy atom. The van der Waals surface area contributed by atoms with Gasteiger partial charge in [0.15, 0.2) is 11.7 Å². The van der Waals surface area contributed by atoms with Crippen LogP contribution in [-0.2, 0) is 0 Å². The van der Waals surface area contributed by atoms with Crippen molar-refractivity contribution in [3.8, 4) is 5.75 Å². The number of aromatic nitrogens is 1. The van der Waals surface area contributed by atoms with Gasteiger partial charge in [0.05, 0.1) is 11.3 Å². The second-order valence-corrected chi connectivity index (χ2v) is 5.32. The Labute approximate surface area is 159 Å². The first-order chi connectivity index (χ1) is 12.4. The van der Waals surface area contributed by atoms with E-state index >= 15 is 0 Å². The fraction of sp³-hybridized carbons (Fsp3) is 0. The van der Waals surface area contributed by atoms with Gasteiger partial charge in [0.25, 0.3) is 0 Å². The van der Waals surface area contributed by atoms with Crippen LogP contribution in [0.2, 0.25) is 0 Å². The first-order valence-corrected chi connectivity index (χ1v) is 7.48. The highest BCUT2D eigenvalue weighted by Gasteiger charge is 2.12. The highest BCUT2D eigenvalue weighted by atomic mass is 35.5. The maximum Gasteiger partial charge on any atom is 0.355 e. The van der Waals surface area contributed by atoms with Crippen molar-refractivity contribution in [1.29, 1.82) is 0 Å². The number of carbonyl (C=O) groups is 2. The molecule has 0 bridgehead atoms. The first-order valence-electron chi connectivity index (χ1n) is 7.48. The van der Waals surface area contributed by atoms with Crippen molar-refractivity contribution in [2.45, 2.75) is 0 Å². The molecule has 0 spiro atoms. The molecular weight excluding hydrogens is 372 g/mol. The van der Waals surface area contributed by atoms with E-state index in [0.717, 1.165) is 0 Å². The van der Waals surface area contributed by atoms with E-state index in [0.29, 0.717) is 27.8 Å². The predicted molar refractivity (Wildman–Crippen MR) is 103 cm³/mol. The Kier molecular flexibility index (Phi) is 5.94. The number of nitrogens with two attached hydrogens (primary N) is 2. The van der Waals surface area contributed by atoms with Gasteiger partial charge in [-0.25, -0.2) is 19.6 Å². The molecule has 0 atom stereocenters. The molecule has 5 N–H and O–H groups in total. The topological polar surface area (TPSA) is 141 Å². The van der Waals surface area contributed by atoms with Gasteiger partial charge >= 0.3 is 11.9 Å². The number of fused-ring (bicyclic) bond motifs is 1. The van der Waals surface area contributed by atoms with Gasteiger partial charge in [-0.15, -0.1) is 12.4 Å². The second-order valence-electron chi connectivity index (χ2n) is 5.32. The smallest absolute Gasteiger partial charge is 0.355 e. The van der Waals surface area contributed by atoms with Gasteiger partial charge in [0, 0.05) is 11.6 Å². The lowest BCUT2D eigenvalue weighted by Gasteiger charge is -2.07. The summed E-state index contributed by atoms with van der Waals surface area (Å²) < 4.78 is 5.34. The molecular formula is C18H15ClN4O4. The number of hydrogen-bond donors (Lipinski definition) is 3. The molecule has 1 aromatic heterocycles. The Balaban J connectivity index is 0.00000261. The number of hydrogen-bond acceptors (Lipinski definition) is 5. The van der Waals surface area contributed by atoms with E-state index in [-0.39, 0.29) is 24.1 Å². The van der Waals surface area contributed by atoms with E-state index < -0.39 is 11.9 Å². The van der Waals surface area contributed by atoms with Gasteiger partial charge in [-0.05, 0) is 53.9 Å². The molecule has 0 unspecified atom stereocenters. The van der Waals surface area contributed by atoms with Gasteiger partial charge in [-0.1, -0.05) is 0 Å². The number of esters is 1. The highest BCUT2D eigenvalue weighted by molar-refractivity contribution is 6.02. The average molecular weight is 387 g/mol. The molecule has 8 nitrogen and oxygen atoms in total. The van der Waals surface area contributed by atoms with Crippen molar-refractivity contribution in [3.05, 3.63) is 66.0 Å². The maximum atomic E-state index is 12.2. The van der Waals surface area contributed by atoms with Crippen LogP contribution in [0.1, 0.15) is 20.8 Å². The standard InChI is InChI=1S/C18H14N4O4.ClH/c19-18(20)22-12-3-1-10(2-4-12)17(25)26-13-5-6-14-11(9-13)7-8-21-15(14)16(23)24;/h1-9H,(H,23,24)(H4,19,20,22);1H. The highest BCUT2D eigenvalue weighted by Crippen LogP contribution is 2.24. The van der Waals surface area contributed by atoms with E-state index in [9.17, 15) is 9.59 Å². The number of carboxylic acid groups (broad SMARTS) is 1. The van der Waals surface area contributed by atoms with Crippen molar-refractivity contribution >= 4 is 46.8 Å². The molecule has 3 rings (SSSR count). The zero-order valence-electron chi connectivity index (χ0n) is 13.8. The zero-order chi connectivity index (χ0) is 18.7. The number of aliphatic imine (C=N–C) groups is 1. The molecule has 138 valence electrons. The molecule has 0 amide bonds. The molecule has 0 saturated carbocycles. The number of ether oxygens (including phenoxy) is 1. The molecule has 0 fully saturated rings.